The molecular weight excluding hydrogens is 496 g/mol. The molecule has 0 amide bonds. The zero-order chi connectivity index (χ0) is 27.1. The van der Waals surface area contributed by atoms with Crippen LogP contribution in [0.25, 0.3) is 54.9 Å². The van der Waals surface area contributed by atoms with Gasteiger partial charge in [-0.3, -0.25) is 0 Å². The van der Waals surface area contributed by atoms with Crippen LogP contribution in [0.3, 0.4) is 0 Å². The summed E-state index contributed by atoms with van der Waals surface area (Å²) in [6.07, 6.45) is 0. The van der Waals surface area contributed by atoms with Crippen LogP contribution in [0.5, 0.6) is 11.5 Å². The van der Waals surface area contributed by atoms with E-state index in [1.807, 2.05) is 6.07 Å². The Morgan fingerprint density at radius 1 is 0.488 bits per heavy atom. The topological polar surface area (TPSA) is 9.23 Å². The van der Waals surface area contributed by atoms with Crippen molar-refractivity contribution in [1.29, 1.82) is 0 Å². The summed E-state index contributed by atoms with van der Waals surface area (Å²) in [5.74, 6) is 1.84. The van der Waals surface area contributed by atoms with Crippen LogP contribution >= 0.6 is 0 Å². The van der Waals surface area contributed by atoms with E-state index in [0.29, 0.717) is 0 Å². The van der Waals surface area contributed by atoms with Gasteiger partial charge in [-0.05, 0) is 85.8 Å². The van der Waals surface area contributed by atoms with Crippen LogP contribution in [-0.4, -0.2) is 0 Å². The van der Waals surface area contributed by atoms with E-state index in [1.54, 1.807) is 0 Å². The van der Waals surface area contributed by atoms with Crippen LogP contribution in [0.4, 0.5) is 0 Å². The zero-order valence-corrected chi connectivity index (χ0v) is 22.7. The smallest absolute Gasteiger partial charge is 0.135 e. The van der Waals surface area contributed by atoms with Gasteiger partial charge in [0.05, 0.1) is 0 Å². The Labute approximate surface area is 239 Å². The normalized spacial score (nSPS) is 16.2. The van der Waals surface area contributed by atoms with Crippen LogP contribution in [-0.2, 0) is 5.41 Å². The van der Waals surface area contributed by atoms with Gasteiger partial charge in [-0.2, -0.15) is 0 Å². The summed E-state index contributed by atoms with van der Waals surface area (Å²) in [6, 6.07) is 50.8. The molecule has 0 saturated carbocycles. The van der Waals surface area contributed by atoms with E-state index < -0.39 is 0 Å². The number of benzene rings is 7. The lowest BCUT2D eigenvalue weighted by atomic mass is 9.72. The molecule has 1 heterocycles. The van der Waals surface area contributed by atoms with Crippen molar-refractivity contribution in [3.8, 4) is 44.9 Å². The number of fused-ring (bicyclic) bond motifs is 7. The van der Waals surface area contributed by atoms with Crippen LogP contribution in [0, 0.1) is 0 Å². The molecule has 41 heavy (non-hydrogen) atoms. The second-order valence-corrected chi connectivity index (χ2v) is 11.4. The highest BCUT2D eigenvalue weighted by Crippen LogP contribution is 2.56. The maximum Gasteiger partial charge on any atom is 0.135 e. The van der Waals surface area contributed by atoms with Gasteiger partial charge in [0.25, 0.3) is 0 Å². The van der Waals surface area contributed by atoms with Gasteiger partial charge in [-0.1, -0.05) is 121 Å². The highest BCUT2D eigenvalue weighted by Gasteiger charge is 2.42. The van der Waals surface area contributed by atoms with Crippen molar-refractivity contribution >= 4 is 21.5 Å². The van der Waals surface area contributed by atoms with Crippen molar-refractivity contribution < 1.29 is 4.74 Å². The highest BCUT2D eigenvalue weighted by molar-refractivity contribution is 6.10. The van der Waals surface area contributed by atoms with Crippen molar-refractivity contribution in [2.24, 2.45) is 0 Å². The van der Waals surface area contributed by atoms with Crippen LogP contribution in [0.2, 0.25) is 0 Å². The second kappa shape index (κ2) is 8.19. The van der Waals surface area contributed by atoms with Crippen molar-refractivity contribution in [3.05, 3.63) is 156 Å². The minimum absolute atomic E-state index is 0.281. The fraction of sp³-hybridized carbons (Fsp3) is 0.0500. The molecule has 0 N–H and O–H groups in total. The Kier molecular flexibility index (Phi) is 4.52. The first kappa shape index (κ1) is 22.7. The van der Waals surface area contributed by atoms with Gasteiger partial charge in [-0.25, -0.2) is 0 Å². The number of ether oxygens (including phenoxy) is 1. The Hall–Kier alpha value is -5.14. The van der Waals surface area contributed by atoms with Gasteiger partial charge < -0.3 is 4.74 Å². The summed E-state index contributed by atoms with van der Waals surface area (Å²) in [5, 5.41) is 5.01. The molecule has 192 valence electrons. The van der Waals surface area contributed by atoms with E-state index in [-0.39, 0.29) is 5.41 Å². The first-order chi connectivity index (χ1) is 20.2. The van der Waals surface area contributed by atoms with Gasteiger partial charge in [0.2, 0.25) is 0 Å². The van der Waals surface area contributed by atoms with Crippen molar-refractivity contribution in [2.75, 3.05) is 0 Å². The lowest BCUT2D eigenvalue weighted by Gasteiger charge is -2.30. The van der Waals surface area contributed by atoms with Crippen LogP contribution in [0.15, 0.2) is 140 Å². The van der Waals surface area contributed by atoms with Crippen LogP contribution in [0.1, 0.15) is 23.6 Å². The first-order valence-corrected chi connectivity index (χ1v) is 14.3. The SMILES string of the molecule is CC1(c2ccccc2)c2cc(-c3ccc4c5c(cccc35)-c3ccccc3O4)ccc2-c2ccc3ccccc3c21. The molecule has 2 aliphatic rings. The monoisotopic (exact) mass is 522 g/mol. The molecule has 1 nitrogen and oxygen atoms in total. The van der Waals surface area contributed by atoms with Crippen molar-refractivity contribution in [3.63, 3.8) is 0 Å². The molecule has 1 heteroatoms. The second-order valence-electron chi connectivity index (χ2n) is 11.4. The number of rotatable bonds is 2. The summed E-state index contributed by atoms with van der Waals surface area (Å²) >= 11 is 0. The van der Waals surface area contributed by atoms with Gasteiger partial charge in [-0.15, -0.1) is 0 Å². The third-order valence-corrected chi connectivity index (χ3v) is 9.34. The lowest BCUT2D eigenvalue weighted by Crippen LogP contribution is -2.22. The molecule has 7 aromatic rings. The number of hydrogen-bond donors (Lipinski definition) is 0. The fourth-order valence-corrected chi connectivity index (χ4v) is 7.43. The predicted octanol–water partition coefficient (Wildman–Crippen LogP) is 10.8. The largest absolute Gasteiger partial charge is 0.456 e. The third kappa shape index (κ3) is 3.01. The maximum absolute atomic E-state index is 6.39. The van der Waals surface area contributed by atoms with Crippen molar-refractivity contribution in [2.45, 2.75) is 12.3 Å². The summed E-state index contributed by atoms with van der Waals surface area (Å²) in [5.41, 5.74) is 11.3. The molecule has 0 spiro atoms. The van der Waals surface area contributed by atoms with E-state index in [9.17, 15) is 0 Å². The molecule has 1 atom stereocenters. The Morgan fingerprint density at radius 2 is 1.22 bits per heavy atom. The Bertz CT molecular complexity index is 2190. The average molecular weight is 523 g/mol. The van der Waals surface area contributed by atoms with Crippen LogP contribution < -0.4 is 4.74 Å². The summed E-state index contributed by atoms with van der Waals surface area (Å²) in [6.45, 7) is 2.41. The molecule has 9 rings (SSSR count). The van der Waals surface area contributed by atoms with E-state index in [2.05, 4.69) is 140 Å². The molecule has 0 aromatic heterocycles. The summed E-state index contributed by atoms with van der Waals surface area (Å²) in [4.78, 5) is 0. The van der Waals surface area contributed by atoms with Gasteiger partial charge in [0.1, 0.15) is 11.5 Å². The summed E-state index contributed by atoms with van der Waals surface area (Å²) in [7, 11) is 0. The predicted molar refractivity (Wildman–Crippen MR) is 170 cm³/mol. The molecule has 0 bridgehead atoms. The minimum Gasteiger partial charge on any atom is -0.456 e. The Balaban J connectivity index is 1.31. The minimum atomic E-state index is -0.281. The summed E-state index contributed by atoms with van der Waals surface area (Å²) < 4.78 is 6.39. The van der Waals surface area contributed by atoms with Gasteiger partial charge in [0, 0.05) is 16.4 Å². The number of hydrogen-bond acceptors (Lipinski definition) is 1. The first-order valence-electron chi connectivity index (χ1n) is 14.3. The fourth-order valence-electron chi connectivity index (χ4n) is 7.43. The molecule has 1 aliphatic heterocycles. The lowest BCUT2D eigenvalue weighted by molar-refractivity contribution is 0.487. The quantitative estimate of drug-likeness (QED) is 0.219. The number of para-hydroxylation sites is 1. The molecule has 1 aliphatic carbocycles. The highest BCUT2D eigenvalue weighted by atomic mass is 16.5. The molecule has 7 aromatic carbocycles. The molecule has 0 saturated heterocycles. The Morgan fingerprint density at radius 3 is 2.15 bits per heavy atom. The molecule has 0 radical (unpaired) electrons. The molecule has 1 unspecified atom stereocenters. The van der Waals surface area contributed by atoms with E-state index in [4.69, 9.17) is 4.74 Å². The average Bonchev–Trinajstić information content (AvgIpc) is 3.30. The van der Waals surface area contributed by atoms with Crippen molar-refractivity contribution in [1.82, 2.24) is 0 Å². The van der Waals surface area contributed by atoms with E-state index in [0.717, 1.165) is 17.1 Å². The molecular formula is C40H26O. The maximum atomic E-state index is 6.39. The van der Waals surface area contributed by atoms with Gasteiger partial charge >= 0.3 is 0 Å². The zero-order valence-electron chi connectivity index (χ0n) is 22.7. The van der Waals surface area contributed by atoms with E-state index >= 15 is 0 Å². The van der Waals surface area contributed by atoms with Gasteiger partial charge in [0.15, 0.2) is 0 Å². The molecule has 0 fully saturated rings. The van der Waals surface area contributed by atoms with E-state index in [1.165, 1.54) is 66.1 Å². The third-order valence-electron chi connectivity index (χ3n) is 9.34. The standard InChI is InChI=1S/C40H26O/c1-40(27-11-3-2-4-12-27)35-24-26(19-20-30(35)34-21-18-25-10-5-6-13-29(25)39(34)40)28-22-23-37-38-32(28)15-9-16-33(38)31-14-7-8-17-36(31)41-37/h2-24H,1H3.